The van der Waals surface area contributed by atoms with E-state index in [0.29, 0.717) is 24.9 Å². The topological polar surface area (TPSA) is 106 Å². The molecule has 31 heavy (non-hydrogen) atoms. The van der Waals surface area contributed by atoms with E-state index in [9.17, 15) is 0 Å². The lowest BCUT2D eigenvalue weighted by atomic mass is 10.2. The van der Waals surface area contributed by atoms with Gasteiger partial charge in [-0.3, -0.25) is 5.10 Å². The second-order valence-electron chi connectivity index (χ2n) is 6.57. The minimum absolute atomic E-state index is 0. The zero-order chi connectivity index (χ0) is 20.8. The van der Waals surface area contributed by atoms with Gasteiger partial charge >= 0.3 is 0 Å². The van der Waals surface area contributed by atoms with Gasteiger partial charge in [-0.1, -0.05) is 6.07 Å². The summed E-state index contributed by atoms with van der Waals surface area (Å²) in [6.07, 6.45) is 0. The van der Waals surface area contributed by atoms with E-state index in [-0.39, 0.29) is 30.8 Å². The number of nitrogens with zero attached hydrogens (tertiary/aromatic N) is 3. The zero-order valence-electron chi connectivity index (χ0n) is 17.3. The number of H-pyrrole nitrogens is 1. The maximum Gasteiger partial charge on any atom is 0.231 e. The van der Waals surface area contributed by atoms with Gasteiger partial charge in [0, 0.05) is 12.1 Å². The second-order valence-corrected chi connectivity index (χ2v) is 6.57. The summed E-state index contributed by atoms with van der Waals surface area (Å²) in [6, 6.07) is 13.5. The molecular formula is C21H25IN6O3. The van der Waals surface area contributed by atoms with Crippen molar-refractivity contribution in [3.05, 3.63) is 53.9 Å². The van der Waals surface area contributed by atoms with Gasteiger partial charge in [0.1, 0.15) is 11.6 Å². The smallest absolute Gasteiger partial charge is 0.231 e. The molecule has 0 amide bonds. The van der Waals surface area contributed by atoms with E-state index in [0.717, 1.165) is 40.7 Å². The van der Waals surface area contributed by atoms with Crippen LogP contribution >= 0.6 is 24.0 Å². The Morgan fingerprint density at radius 1 is 1.13 bits per heavy atom. The Morgan fingerprint density at radius 2 is 1.94 bits per heavy atom. The van der Waals surface area contributed by atoms with Crippen molar-refractivity contribution in [1.82, 2.24) is 25.8 Å². The van der Waals surface area contributed by atoms with Gasteiger partial charge in [0.15, 0.2) is 23.3 Å². The molecule has 1 aromatic heterocycles. The number of fused-ring (bicyclic) bond motifs is 1. The maximum atomic E-state index is 5.42. The molecule has 0 unspecified atom stereocenters. The molecule has 0 saturated carbocycles. The predicted molar refractivity (Wildman–Crippen MR) is 128 cm³/mol. The number of benzene rings is 2. The Morgan fingerprint density at radius 3 is 2.71 bits per heavy atom. The molecule has 1 aliphatic heterocycles. The molecule has 0 bridgehead atoms. The van der Waals surface area contributed by atoms with Crippen LogP contribution in [0.5, 0.6) is 17.2 Å². The van der Waals surface area contributed by atoms with E-state index in [1.54, 1.807) is 7.11 Å². The molecule has 0 atom stereocenters. The Kier molecular flexibility index (Phi) is 7.93. The fourth-order valence-corrected chi connectivity index (χ4v) is 2.96. The van der Waals surface area contributed by atoms with Crippen LogP contribution in [-0.2, 0) is 13.1 Å². The molecule has 9 nitrogen and oxygen atoms in total. The summed E-state index contributed by atoms with van der Waals surface area (Å²) in [7, 11) is 1.64. The van der Waals surface area contributed by atoms with Gasteiger partial charge < -0.3 is 24.8 Å². The highest BCUT2D eigenvalue weighted by molar-refractivity contribution is 14.0. The van der Waals surface area contributed by atoms with Crippen LogP contribution in [0, 0.1) is 0 Å². The quantitative estimate of drug-likeness (QED) is 0.242. The molecular weight excluding hydrogens is 511 g/mol. The van der Waals surface area contributed by atoms with Crippen LogP contribution in [-0.4, -0.2) is 41.6 Å². The number of methoxy groups -OCH3 is 1. The fourth-order valence-electron chi connectivity index (χ4n) is 2.96. The van der Waals surface area contributed by atoms with Gasteiger partial charge in [-0.05, 0) is 48.9 Å². The van der Waals surface area contributed by atoms with Crippen LogP contribution in [0.15, 0.2) is 47.5 Å². The third-order valence-corrected chi connectivity index (χ3v) is 4.50. The SMILES string of the molecule is CCNC(=NCc1ccc2c(c1)OCO2)NCc1nc(-c2ccc(OC)cc2)n[nH]1.I. The summed E-state index contributed by atoms with van der Waals surface area (Å²) in [5.74, 6) is 4.37. The van der Waals surface area contributed by atoms with Gasteiger partial charge in [-0.25, -0.2) is 9.98 Å². The lowest BCUT2D eigenvalue weighted by Crippen LogP contribution is -2.37. The summed E-state index contributed by atoms with van der Waals surface area (Å²) in [6.45, 7) is 4.02. The molecule has 0 radical (unpaired) electrons. The number of guanidine groups is 1. The number of aliphatic imine (C=N–C) groups is 1. The number of aromatic nitrogens is 3. The molecule has 0 fully saturated rings. The molecule has 10 heteroatoms. The minimum atomic E-state index is 0. The number of hydrogen-bond acceptors (Lipinski definition) is 6. The van der Waals surface area contributed by atoms with E-state index < -0.39 is 0 Å². The van der Waals surface area contributed by atoms with Crippen molar-refractivity contribution in [3.8, 4) is 28.6 Å². The van der Waals surface area contributed by atoms with Crippen LogP contribution in [0.25, 0.3) is 11.4 Å². The molecule has 3 N–H and O–H groups in total. The number of halogens is 1. The van der Waals surface area contributed by atoms with Gasteiger partial charge in [-0.15, -0.1) is 24.0 Å². The summed E-state index contributed by atoms with van der Waals surface area (Å²) >= 11 is 0. The summed E-state index contributed by atoms with van der Waals surface area (Å²) < 4.78 is 16.0. The molecule has 3 aromatic rings. The molecule has 0 spiro atoms. The van der Waals surface area contributed by atoms with Crippen molar-refractivity contribution in [2.75, 3.05) is 20.4 Å². The lowest BCUT2D eigenvalue weighted by Gasteiger charge is -2.10. The van der Waals surface area contributed by atoms with Gasteiger partial charge in [0.2, 0.25) is 6.79 Å². The first kappa shape index (κ1) is 22.7. The Labute approximate surface area is 197 Å². The fraction of sp³-hybridized carbons (Fsp3) is 0.286. The first-order valence-corrected chi connectivity index (χ1v) is 9.71. The molecule has 1 aliphatic rings. The van der Waals surface area contributed by atoms with E-state index in [4.69, 9.17) is 14.2 Å². The van der Waals surface area contributed by atoms with Gasteiger partial charge in [0.05, 0.1) is 20.2 Å². The molecule has 0 aliphatic carbocycles. The Balaban J connectivity index is 0.00000272. The molecule has 164 valence electrons. The van der Waals surface area contributed by atoms with Crippen LogP contribution in [0.2, 0.25) is 0 Å². The monoisotopic (exact) mass is 536 g/mol. The van der Waals surface area contributed by atoms with E-state index in [2.05, 4.69) is 30.8 Å². The highest BCUT2D eigenvalue weighted by Crippen LogP contribution is 2.32. The summed E-state index contributed by atoms with van der Waals surface area (Å²) in [4.78, 5) is 9.17. The van der Waals surface area contributed by atoms with E-state index in [1.165, 1.54) is 0 Å². The van der Waals surface area contributed by atoms with Crippen molar-refractivity contribution in [1.29, 1.82) is 0 Å². The third kappa shape index (κ3) is 5.78. The standard InChI is InChI=1S/C21H24N6O3.HI/c1-3-22-21(23-11-14-4-9-17-18(10-14)30-13-29-17)24-12-19-25-20(27-26-19)15-5-7-16(28-2)8-6-15;/h4-10H,3,11-13H2,1-2H3,(H2,22,23,24)(H,25,26,27);1H. The zero-order valence-corrected chi connectivity index (χ0v) is 19.7. The highest BCUT2D eigenvalue weighted by Gasteiger charge is 2.13. The molecule has 2 aromatic carbocycles. The molecule has 4 rings (SSSR count). The first-order chi connectivity index (χ1) is 14.7. The van der Waals surface area contributed by atoms with Crippen LogP contribution in [0.4, 0.5) is 0 Å². The van der Waals surface area contributed by atoms with Crippen LogP contribution in [0.3, 0.4) is 0 Å². The van der Waals surface area contributed by atoms with Crippen LogP contribution in [0.1, 0.15) is 18.3 Å². The van der Waals surface area contributed by atoms with Crippen molar-refractivity contribution < 1.29 is 14.2 Å². The predicted octanol–water partition coefficient (Wildman–Crippen LogP) is 3.08. The van der Waals surface area contributed by atoms with Gasteiger partial charge in [0.25, 0.3) is 0 Å². The molecule has 2 heterocycles. The molecule has 0 saturated heterocycles. The van der Waals surface area contributed by atoms with Crippen molar-refractivity contribution >= 4 is 29.9 Å². The lowest BCUT2D eigenvalue weighted by molar-refractivity contribution is 0.174. The van der Waals surface area contributed by atoms with Crippen molar-refractivity contribution in [2.45, 2.75) is 20.0 Å². The van der Waals surface area contributed by atoms with Crippen LogP contribution < -0.4 is 24.8 Å². The van der Waals surface area contributed by atoms with E-state index >= 15 is 0 Å². The maximum absolute atomic E-state index is 5.42. The Bertz CT molecular complexity index is 1020. The largest absolute Gasteiger partial charge is 0.497 e. The average molecular weight is 536 g/mol. The number of rotatable bonds is 7. The normalized spacial score (nSPS) is 12.3. The number of nitrogens with one attached hydrogen (secondary N) is 3. The second kappa shape index (κ2) is 10.8. The summed E-state index contributed by atoms with van der Waals surface area (Å²) in [5.41, 5.74) is 1.96. The van der Waals surface area contributed by atoms with Crippen molar-refractivity contribution in [2.24, 2.45) is 4.99 Å². The van der Waals surface area contributed by atoms with E-state index in [1.807, 2.05) is 49.4 Å². The average Bonchev–Trinajstić information content (AvgIpc) is 3.45. The summed E-state index contributed by atoms with van der Waals surface area (Å²) in [5, 5.41) is 13.8. The minimum Gasteiger partial charge on any atom is -0.497 e. The third-order valence-electron chi connectivity index (χ3n) is 4.50. The number of hydrogen-bond donors (Lipinski definition) is 3. The highest BCUT2D eigenvalue weighted by atomic mass is 127. The number of aromatic amines is 1. The van der Waals surface area contributed by atoms with Gasteiger partial charge in [-0.2, -0.15) is 5.10 Å². The number of ether oxygens (including phenoxy) is 3. The first-order valence-electron chi connectivity index (χ1n) is 9.71. The van der Waals surface area contributed by atoms with Crippen molar-refractivity contribution in [3.63, 3.8) is 0 Å². The Hall–Kier alpha value is -3.02.